The number of aliphatic hydroxyl groups is 1. The molecule has 53 heavy (non-hydrogen) atoms. The highest BCUT2D eigenvalue weighted by atomic mass is 16.7. The van der Waals surface area contributed by atoms with E-state index in [1.54, 1.807) is 14.2 Å². The van der Waals surface area contributed by atoms with Crippen molar-refractivity contribution in [2.75, 3.05) is 20.8 Å². The Balaban J connectivity index is 1.34. The van der Waals surface area contributed by atoms with Gasteiger partial charge >= 0.3 is 0 Å². The third-order valence-corrected chi connectivity index (χ3v) is 10.7. The number of rotatable bonds is 15. The number of methoxy groups -OCH3 is 2. The van der Waals surface area contributed by atoms with Gasteiger partial charge in [0.1, 0.15) is 30.2 Å². The second kappa shape index (κ2) is 17.2. The van der Waals surface area contributed by atoms with Crippen molar-refractivity contribution in [3.8, 4) is 5.75 Å². The zero-order chi connectivity index (χ0) is 36.6. The Kier molecular flexibility index (Phi) is 12.0. The summed E-state index contributed by atoms with van der Waals surface area (Å²) < 4.78 is 39.8. The van der Waals surface area contributed by atoms with Crippen molar-refractivity contribution in [3.05, 3.63) is 171 Å². The first-order valence-corrected chi connectivity index (χ1v) is 18.6. The number of benzene rings is 5. The van der Waals surface area contributed by atoms with Gasteiger partial charge in [0, 0.05) is 12.7 Å². The summed E-state index contributed by atoms with van der Waals surface area (Å²) in [6, 6.07) is 40.7. The Hall–Kier alpha value is -4.34. The molecule has 5 atom stereocenters. The van der Waals surface area contributed by atoms with E-state index in [1.165, 1.54) is 22.3 Å². The number of hydrogen-bond acceptors (Lipinski definition) is 7. The van der Waals surface area contributed by atoms with Gasteiger partial charge in [-0.3, -0.25) is 0 Å². The van der Waals surface area contributed by atoms with E-state index in [0.29, 0.717) is 19.8 Å². The predicted molar refractivity (Wildman–Crippen MR) is 205 cm³/mol. The number of ether oxygens (including phenoxy) is 6. The van der Waals surface area contributed by atoms with E-state index in [9.17, 15) is 5.11 Å². The molecular formula is C46H50O7. The Morgan fingerprint density at radius 3 is 1.75 bits per heavy atom. The lowest BCUT2D eigenvalue weighted by Crippen LogP contribution is -2.66. The Morgan fingerprint density at radius 1 is 0.660 bits per heavy atom. The molecule has 0 saturated carbocycles. The van der Waals surface area contributed by atoms with E-state index >= 15 is 0 Å². The van der Waals surface area contributed by atoms with Crippen molar-refractivity contribution in [2.24, 2.45) is 0 Å². The fourth-order valence-corrected chi connectivity index (χ4v) is 8.00. The molecule has 1 aliphatic carbocycles. The van der Waals surface area contributed by atoms with E-state index in [2.05, 4.69) is 25.1 Å². The third kappa shape index (κ3) is 8.11. The maximum atomic E-state index is 11.1. The molecule has 0 spiro atoms. The van der Waals surface area contributed by atoms with Crippen LogP contribution in [0.15, 0.2) is 121 Å². The van der Waals surface area contributed by atoms with Gasteiger partial charge in [-0.05, 0) is 95.3 Å². The molecular weight excluding hydrogens is 664 g/mol. The van der Waals surface area contributed by atoms with E-state index in [1.807, 2.05) is 103 Å². The van der Waals surface area contributed by atoms with Gasteiger partial charge < -0.3 is 33.5 Å². The van der Waals surface area contributed by atoms with Crippen LogP contribution in [0.2, 0.25) is 0 Å². The summed E-state index contributed by atoms with van der Waals surface area (Å²) in [5.74, 6) is -0.608. The van der Waals surface area contributed by atoms with Crippen LogP contribution in [0.1, 0.15) is 56.5 Å². The minimum atomic E-state index is -1.44. The van der Waals surface area contributed by atoms with Gasteiger partial charge in [-0.25, -0.2) is 0 Å². The summed E-state index contributed by atoms with van der Waals surface area (Å²) >= 11 is 0. The Labute approximate surface area is 313 Å². The summed E-state index contributed by atoms with van der Waals surface area (Å²) in [4.78, 5) is 0. The highest BCUT2D eigenvalue weighted by Gasteiger charge is 2.59. The van der Waals surface area contributed by atoms with Gasteiger partial charge in [0.25, 0.3) is 0 Å². The minimum absolute atomic E-state index is 0.295. The molecule has 0 amide bonds. The van der Waals surface area contributed by atoms with Crippen LogP contribution in [-0.2, 0) is 68.6 Å². The SMILES string of the molecule is COc1ccc(Cc2cc(C3(OC)O[C@H](CO)[C@@H](OCc4ccccc4)[C@H](OCc4ccccc4)[C@H]3OCc3ccccc3)c(C)c3c2CCC3)cc1. The summed E-state index contributed by atoms with van der Waals surface area (Å²) in [6.45, 7) is 2.78. The van der Waals surface area contributed by atoms with Gasteiger partial charge in [-0.1, -0.05) is 103 Å². The first-order chi connectivity index (χ1) is 26.0. The first kappa shape index (κ1) is 37.0. The van der Waals surface area contributed by atoms with Crippen LogP contribution in [0.4, 0.5) is 0 Å². The molecule has 1 aliphatic heterocycles. The number of fused-ring (bicyclic) bond motifs is 1. The minimum Gasteiger partial charge on any atom is -0.497 e. The Morgan fingerprint density at radius 2 is 1.21 bits per heavy atom. The van der Waals surface area contributed by atoms with Crippen molar-refractivity contribution >= 4 is 0 Å². The fourth-order valence-electron chi connectivity index (χ4n) is 8.00. The van der Waals surface area contributed by atoms with Crippen LogP contribution in [-0.4, -0.2) is 50.3 Å². The monoisotopic (exact) mass is 714 g/mol. The Bertz CT molecular complexity index is 1900. The number of hydrogen-bond donors (Lipinski definition) is 1. The summed E-state index contributed by atoms with van der Waals surface area (Å²) in [5.41, 5.74) is 10.2. The normalized spacial score (nSPS) is 22.4. The zero-order valence-corrected chi connectivity index (χ0v) is 30.9. The van der Waals surface area contributed by atoms with Crippen LogP contribution < -0.4 is 4.74 Å². The van der Waals surface area contributed by atoms with Crippen molar-refractivity contribution in [2.45, 2.75) is 82.6 Å². The van der Waals surface area contributed by atoms with Crippen molar-refractivity contribution < 1.29 is 33.5 Å². The topological polar surface area (TPSA) is 75.6 Å². The molecule has 1 unspecified atom stereocenters. The zero-order valence-electron chi connectivity index (χ0n) is 30.9. The maximum Gasteiger partial charge on any atom is 0.225 e. The molecule has 0 radical (unpaired) electrons. The van der Waals surface area contributed by atoms with Crippen LogP contribution in [0.5, 0.6) is 5.75 Å². The highest BCUT2D eigenvalue weighted by Crippen LogP contribution is 2.47. The quantitative estimate of drug-likeness (QED) is 0.118. The van der Waals surface area contributed by atoms with E-state index in [4.69, 9.17) is 28.4 Å². The third-order valence-electron chi connectivity index (χ3n) is 10.7. The lowest BCUT2D eigenvalue weighted by Gasteiger charge is -2.52. The molecule has 7 heteroatoms. The summed E-state index contributed by atoms with van der Waals surface area (Å²) in [7, 11) is 3.36. The van der Waals surface area contributed by atoms with Crippen LogP contribution in [0.25, 0.3) is 0 Å². The lowest BCUT2D eigenvalue weighted by atomic mass is 9.81. The molecule has 1 N–H and O–H groups in total. The lowest BCUT2D eigenvalue weighted by molar-refractivity contribution is -0.384. The highest BCUT2D eigenvalue weighted by molar-refractivity contribution is 5.52. The molecule has 276 valence electrons. The molecule has 5 aromatic rings. The maximum absolute atomic E-state index is 11.1. The number of aliphatic hydroxyl groups excluding tert-OH is 1. The largest absolute Gasteiger partial charge is 0.497 e. The predicted octanol–water partition coefficient (Wildman–Crippen LogP) is 8.03. The average molecular weight is 715 g/mol. The van der Waals surface area contributed by atoms with Gasteiger partial charge in [0.05, 0.1) is 33.5 Å². The van der Waals surface area contributed by atoms with Gasteiger partial charge in [-0.2, -0.15) is 0 Å². The molecule has 2 aliphatic rings. The average Bonchev–Trinajstić information content (AvgIpc) is 3.72. The smallest absolute Gasteiger partial charge is 0.225 e. The summed E-state index contributed by atoms with van der Waals surface area (Å²) in [5, 5.41) is 11.1. The van der Waals surface area contributed by atoms with E-state index < -0.39 is 30.2 Å². The molecule has 0 bridgehead atoms. The molecule has 5 aromatic carbocycles. The first-order valence-electron chi connectivity index (χ1n) is 18.6. The van der Waals surface area contributed by atoms with Crippen molar-refractivity contribution in [1.82, 2.24) is 0 Å². The summed E-state index contributed by atoms with van der Waals surface area (Å²) in [6.07, 6.45) is 0.888. The molecule has 7 rings (SSSR count). The van der Waals surface area contributed by atoms with E-state index in [-0.39, 0.29) is 6.61 Å². The van der Waals surface area contributed by atoms with Gasteiger partial charge in [-0.15, -0.1) is 0 Å². The van der Waals surface area contributed by atoms with Crippen LogP contribution in [0, 0.1) is 6.92 Å². The van der Waals surface area contributed by atoms with Crippen molar-refractivity contribution in [1.29, 1.82) is 0 Å². The van der Waals surface area contributed by atoms with Crippen LogP contribution in [0.3, 0.4) is 0 Å². The van der Waals surface area contributed by atoms with Crippen molar-refractivity contribution in [3.63, 3.8) is 0 Å². The van der Waals surface area contributed by atoms with Gasteiger partial charge in [0.2, 0.25) is 5.79 Å². The molecule has 0 aromatic heterocycles. The second-order valence-electron chi connectivity index (χ2n) is 14.0. The van der Waals surface area contributed by atoms with E-state index in [0.717, 1.165) is 59.3 Å². The molecule has 1 saturated heterocycles. The fraction of sp³-hybridized carbons (Fsp3) is 0.348. The van der Waals surface area contributed by atoms with Gasteiger partial charge in [0.15, 0.2) is 0 Å². The molecule has 7 nitrogen and oxygen atoms in total. The second-order valence-corrected chi connectivity index (χ2v) is 14.0. The molecule has 1 fully saturated rings. The van der Waals surface area contributed by atoms with Crippen LogP contribution >= 0.6 is 0 Å². The molecule has 1 heterocycles. The standard InChI is InChI=1S/C46H50O7/c1-32-39-20-13-21-40(39)37(26-33-22-24-38(48-2)25-23-33)27-41(32)46(49-3)45(52-31-36-18-11-6-12-19-36)44(51-30-35-16-9-5-10-17-35)43(42(28-47)53-46)50-29-34-14-7-4-8-15-34/h4-12,14-19,22-25,27,42-45,47H,13,20-21,26,28-31H2,1-3H3/t42-,43-,44+,45-,46?/m1/s1.